The summed E-state index contributed by atoms with van der Waals surface area (Å²) in [4.78, 5) is 6.77. The third-order valence-corrected chi connectivity index (χ3v) is 3.89. The average molecular weight is 221 g/mol. The molecule has 4 nitrogen and oxygen atoms in total. The zero-order valence-corrected chi connectivity index (χ0v) is 9.78. The van der Waals surface area contributed by atoms with Crippen molar-refractivity contribution in [2.45, 2.75) is 32.4 Å². The van der Waals surface area contributed by atoms with Crippen LogP contribution in [0.5, 0.6) is 0 Å². The molecule has 0 aliphatic carbocycles. The third-order valence-electron chi connectivity index (χ3n) is 3.89. The number of nitrogens with one attached hydrogen (secondary N) is 1. The number of aromatic nitrogens is 1. The van der Waals surface area contributed by atoms with Crippen molar-refractivity contribution < 1.29 is 4.42 Å². The van der Waals surface area contributed by atoms with Crippen LogP contribution in [-0.4, -0.2) is 35.6 Å². The van der Waals surface area contributed by atoms with Crippen molar-refractivity contribution in [2.75, 3.05) is 19.6 Å². The van der Waals surface area contributed by atoms with Crippen LogP contribution in [-0.2, 0) is 6.54 Å². The number of hydrogen-bond donors (Lipinski definition) is 1. The van der Waals surface area contributed by atoms with E-state index < -0.39 is 0 Å². The number of nitrogens with zero attached hydrogens (tertiary/aromatic N) is 2. The lowest BCUT2D eigenvalue weighted by molar-refractivity contribution is 0.308. The number of oxazole rings is 1. The Morgan fingerprint density at radius 1 is 1.56 bits per heavy atom. The number of likely N-dealkylation sites (tertiary alicyclic amines) is 1. The fraction of sp³-hybridized carbons (Fsp3) is 0.750. The van der Waals surface area contributed by atoms with Gasteiger partial charge in [-0.1, -0.05) is 0 Å². The molecule has 0 radical (unpaired) electrons. The first-order chi connectivity index (χ1) is 7.83. The third kappa shape index (κ3) is 1.87. The van der Waals surface area contributed by atoms with E-state index in [0.717, 1.165) is 30.5 Å². The SMILES string of the molecule is Cc1ocnc1CN1C[C@@H]2CCCN[C@@H]2C1. The first-order valence-corrected chi connectivity index (χ1v) is 6.17. The van der Waals surface area contributed by atoms with Crippen LogP contribution in [0.4, 0.5) is 0 Å². The van der Waals surface area contributed by atoms with Crippen LogP contribution >= 0.6 is 0 Å². The lowest BCUT2D eigenvalue weighted by atomic mass is 9.94. The maximum absolute atomic E-state index is 5.24. The Balaban J connectivity index is 1.63. The van der Waals surface area contributed by atoms with E-state index in [4.69, 9.17) is 4.42 Å². The maximum atomic E-state index is 5.24. The zero-order chi connectivity index (χ0) is 11.0. The lowest BCUT2D eigenvalue weighted by Crippen LogP contribution is -2.40. The fourth-order valence-electron chi connectivity index (χ4n) is 2.96. The van der Waals surface area contributed by atoms with E-state index in [0.29, 0.717) is 6.04 Å². The van der Waals surface area contributed by atoms with Gasteiger partial charge in [0.2, 0.25) is 0 Å². The van der Waals surface area contributed by atoms with Gasteiger partial charge in [-0.3, -0.25) is 4.90 Å². The Morgan fingerprint density at radius 2 is 2.50 bits per heavy atom. The zero-order valence-electron chi connectivity index (χ0n) is 9.78. The van der Waals surface area contributed by atoms with Crippen LogP contribution in [0, 0.1) is 12.8 Å². The van der Waals surface area contributed by atoms with Gasteiger partial charge in [0.1, 0.15) is 5.76 Å². The Bertz CT molecular complexity index is 349. The van der Waals surface area contributed by atoms with Crippen LogP contribution in [0.3, 0.4) is 0 Å². The molecule has 2 atom stereocenters. The minimum absolute atomic E-state index is 0.709. The fourth-order valence-corrected chi connectivity index (χ4v) is 2.96. The largest absolute Gasteiger partial charge is 0.448 e. The molecule has 1 aromatic heterocycles. The van der Waals surface area contributed by atoms with Crippen LogP contribution in [0.1, 0.15) is 24.3 Å². The van der Waals surface area contributed by atoms with Gasteiger partial charge in [-0.05, 0) is 32.2 Å². The van der Waals surface area contributed by atoms with Gasteiger partial charge in [-0.2, -0.15) is 0 Å². The molecule has 0 spiro atoms. The smallest absolute Gasteiger partial charge is 0.181 e. The lowest BCUT2D eigenvalue weighted by Gasteiger charge is -2.24. The van der Waals surface area contributed by atoms with Crippen molar-refractivity contribution >= 4 is 0 Å². The molecule has 0 aromatic carbocycles. The highest BCUT2D eigenvalue weighted by Crippen LogP contribution is 2.26. The summed E-state index contributed by atoms with van der Waals surface area (Å²) in [6, 6.07) is 0.709. The Hall–Kier alpha value is -0.870. The van der Waals surface area contributed by atoms with Crippen LogP contribution in [0.25, 0.3) is 0 Å². The molecule has 0 unspecified atom stereocenters. The van der Waals surface area contributed by atoms with Gasteiger partial charge < -0.3 is 9.73 Å². The normalized spacial score (nSPS) is 30.6. The first kappa shape index (κ1) is 10.3. The summed E-state index contributed by atoms with van der Waals surface area (Å²) in [7, 11) is 0. The van der Waals surface area contributed by atoms with Crippen molar-refractivity contribution in [2.24, 2.45) is 5.92 Å². The summed E-state index contributed by atoms with van der Waals surface area (Å²) >= 11 is 0. The number of fused-ring (bicyclic) bond motifs is 1. The first-order valence-electron chi connectivity index (χ1n) is 6.17. The topological polar surface area (TPSA) is 41.3 Å². The van der Waals surface area contributed by atoms with E-state index in [1.807, 2.05) is 6.92 Å². The molecule has 0 saturated carbocycles. The summed E-state index contributed by atoms with van der Waals surface area (Å²) < 4.78 is 5.24. The van der Waals surface area contributed by atoms with Crippen LogP contribution in [0.2, 0.25) is 0 Å². The molecule has 2 fully saturated rings. The molecule has 2 saturated heterocycles. The van der Waals surface area contributed by atoms with Gasteiger partial charge in [0.25, 0.3) is 0 Å². The van der Waals surface area contributed by atoms with Crippen LogP contribution in [0.15, 0.2) is 10.8 Å². The van der Waals surface area contributed by atoms with Crippen LogP contribution < -0.4 is 5.32 Å². The standard InChI is InChI=1S/C12H19N3O/c1-9-11(14-8-16-9)6-15-5-10-3-2-4-13-12(10)7-15/h8,10,12-13H,2-7H2,1H3/t10-,12+/m0/s1. The van der Waals surface area contributed by atoms with E-state index >= 15 is 0 Å². The van der Waals surface area contributed by atoms with Gasteiger partial charge in [0.05, 0.1) is 5.69 Å². The summed E-state index contributed by atoms with van der Waals surface area (Å²) in [5.74, 6) is 1.81. The number of aryl methyl sites for hydroxylation is 1. The second-order valence-electron chi connectivity index (χ2n) is 5.01. The predicted molar refractivity (Wildman–Crippen MR) is 61.0 cm³/mol. The summed E-state index contributed by atoms with van der Waals surface area (Å²) in [5, 5.41) is 3.62. The number of rotatable bonds is 2. The minimum Gasteiger partial charge on any atom is -0.448 e. The van der Waals surface area contributed by atoms with Crippen molar-refractivity contribution in [1.82, 2.24) is 15.2 Å². The van der Waals surface area contributed by atoms with Gasteiger partial charge in [0, 0.05) is 25.7 Å². The summed E-state index contributed by atoms with van der Waals surface area (Å²) in [6.07, 6.45) is 4.26. The minimum atomic E-state index is 0.709. The maximum Gasteiger partial charge on any atom is 0.181 e. The second kappa shape index (κ2) is 4.18. The second-order valence-corrected chi connectivity index (χ2v) is 5.01. The van der Waals surface area contributed by atoms with E-state index in [1.54, 1.807) is 6.39 Å². The van der Waals surface area contributed by atoms with Gasteiger partial charge >= 0.3 is 0 Å². The van der Waals surface area contributed by atoms with Gasteiger partial charge in [-0.25, -0.2) is 4.98 Å². The number of hydrogen-bond acceptors (Lipinski definition) is 4. The molecular weight excluding hydrogens is 202 g/mol. The Kier molecular flexibility index (Phi) is 2.69. The van der Waals surface area contributed by atoms with E-state index in [9.17, 15) is 0 Å². The molecule has 3 heterocycles. The molecule has 1 aromatic rings. The number of piperidine rings is 1. The van der Waals surface area contributed by atoms with Gasteiger partial charge in [0.15, 0.2) is 6.39 Å². The Labute approximate surface area is 96.0 Å². The van der Waals surface area contributed by atoms with Crippen molar-refractivity contribution in [3.8, 4) is 0 Å². The molecule has 2 aliphatic rings. The Morgan fingerprint density at radius 3 is 3.25 bits per heavy atom. The predicted octanol–water partition coefficient (Wildman–Crippen LogP) is 1.17. The monoisotopic (exact) mass is 221 g/mol. The van der Waals surface area contributed by atoms with E-state index in [-0.39, 0.29) is 0 Å². The quantitative estimate of drug-likeness (QED) is 0.814. The molecule has 16 heavy (non-hydrogen) atoms. The molecule has 88 valence electrons. The molecule has 3 rings (SSSR count). The average Bonchev–Trinajstić information content (AvgIpc) is 2.85. The van der Waals surface area contributed by atoms with Gasteiger partial charge in [-0.15, -0.1) is 0 Å². The summed E-state index contributed by atoms with van der Waals surface area (Å²) in [5.41, 5.74) is 1.10. The highest BCUT2D eigenvalue weighted by molar-refractivity contribution is 5.05. The van der Waals surface area contributed by atoms with Crippen molar-refractivity contribution in [1.29, 1.82) is 0 Å². The highest BCUT2D eigenvalue weighted by Gasteiger charge is 2.34. The highest BCUT2D eigenvalue weighted by atomic mass is 16.3. The van der Waals surface area contributed by atoms with Crippen molar-refractivity contribution in [3.05, 3.63) is 17.8 Å². The molecule has 1 N–H and O–H groups in total. The van der Waals surface area contributed by atoms with E-state index in [1.165, 1.54) is 25.9 Å². The van der Waals surface area contributed by atoms with E-state index in [2.05, 4.69) is 15.2 Å². The molecular formula is C12H19N3O. The molecule has 4 heteroatoms. The molecule has 0 amide bonds. The van der Waals surface area contributed by atoms with Crippen molar-refractivity contribution in [3.63, 3.8) is 0 Å². The molecule has 0 bridgehead atoms. The molecule has 2 aliphatic heterocycles. The summed E-state index contributed by atoms with van der Waals surface area (Å²) in [6.45, 7) is 6.50.